The van der Waals surface area contributed by atoms with Crippen molar-refractivity contribution in [2.24, 2.45) is 17.6 Å². The van der Waals surface area contributed by atoms with E-state index in [1.165, 1.54) is 0 Å². The third-order valence-electron chi connectivity index (χ3n) is 4.30. The summed E-state index contributed by atoms with van der Waals surface area (Å²) in [5.41, 5.74) is 6.09. The van der Waals surface area contributed by atoms with E-state index in [1.807, 2.05) is 0 Å². The third kappa shape index (κ3) is 3.15. The fourth-order valence-electron chi connectivity index (χ4n) is 2.82. The van der Waals surface area contributed by atoms with Crippen molar-refractivity contribution < 1.29 is 13.2 Å². The lowest BCUT2D eigenvalue weighted by Crippen LogP contribution is -2.32. The predicted molar refractivity (Wildman–Crippen MR) is 73.1 cm³/mol. The lowest BCUT2D eigenvalue weighted by atomic mass is 10.0. The Balaban J connectivity index is 2.16. The Labute approximate surface area is 117 Å². The number of rotatable bonds is 3. The molecule has 1 heterocycles. The fraction of sp³-hybridized carbons (Fsp3) is 0.600. The summed E-state index contributed by atoms with van der Waals surface area (Å²) < 4.78 is 37.7. The van der Waals surface area contributed by atoms with Crippen molar-refractivity contribution in [1.29, 1.82) is 0 Å². The molecule has 5 heteroatoms. The number of nitrogens with zero attached hydrogens (tertiary/aromatic N) is 1. The summed E-state index contributed by atoms with van der Waals surface area (Å²) in [6, 6.07) is 5.38. The lowest BCUT2D eigenvalue weighted by molar-refractivity contribution is -0.137. The van der Waals surface area contributed by atoms with Gasteiger partial charge in [-0.3, -0.25) is 4.90 Å². The average Bonchev–Trinajstić information content (AvgIpc) is 2.70. The first-order valence-corrected chi connectivity index (χ1v) is 6.94. The van der Waals surface area contributed by atoms with Gasteiger partial charge in [-0.05, 0) is 29.5 Å². The Kier molecular flexibility index (Phi) is 4.39. The van der Waals surface area contributed by atoms with Crippen molar-refractivity contribution in [3.63, 3.8) is 0 Å². The Morgan fingerprint density at radius 1 is 1.15 bits per heavy atom. The molecule has 1 saturated heterocycles. The minimum absolute atomic E-state index is 0.00434. The van der Waals surface area contributed by atoms with E-state index in [4.69, 9.17) is 5.73 Å². The van der Waals surface area contributed by atoms with E-state index < -0.39 is 11.7 Å². The van der Waals surface area contributed by atoms with Crippen LogP contribution in [0.4, 0.5) is 13.2 Å². The van der Waals surface area contributed by atoms with Crippen LogP contribution in [0.25, 0.3) is 0 Å². The molecular formula is C15H21F3N2. The van der Waals surface area contributed by atoms with E-state index in [-0.39, 0.29) is 6.04 Å². The van der Waals surface area contributed by atoms with Gasteiger partial charge in [0.15, 0.2) is 0 Å². The molecule has 0 saturated carbocycles. The largest absolute Gasteiger partial charge is 0.416 e. The maximum absolute atomic E-state index is 12.6. The first kappa shape index (κ1) is 15.3. The SMILES string of the molecule is CC1CN(C(CN)c2ccc(C(F)(F)F)cc2)CC1C. The molecule has 1 fully saturated rings. The number of halogens is 3. The molecule has 1 aliphatic heterocycles. The maximum Gasteiger partial charge on any atom is 0.416 e. The molecule has 3 atom stereocenters. The maximum atomic E-state index is 12.6. The van der Waals surface area contributed by atoms with Crippen LogP contribution in [0.5, 0.6) is 0 Å². The van der Waals surface area contributed by atoms with Crippen LogP contribution in [-0.4, -0.2) is 24.5 Å². The Bertz CT molecular complexity index is 431. The molecule has 2 nitrogen and oxygen atoms in total. The van der Waals surface area contributed by atoms with Gasteiger partial charge in [-0.25, -0.2) is 0 Å². The topological polar surface area (TPSA) is 29.3 Å². The van der Waals surface area contributed by atoms with E-state index in [2.05, 4.69) is 18.7 Å². The summed E-state index contributed by atoms with van der Waals surface area (Å²) in [6.45, 7) is 6.72. The molecule has 0 aromatic heterocycles. The van der Waals surface area contributed by atoms with Gasteiger partial charge >= 0.3 is 6.18 Å². The number of hydrogen-bond donors (Lipinski definition) is 1. The minimum atomic E-state index is -4.28. The second-order valence-electron chi connectivity index (χ2n) is 5.78. The highest BCUT2D eigenvalue weighted by molar-refractivity contribution is 5.27. The predicted octanol–water partition coefficient (Wildman–Crippen LogP) is 3.29. The van der Waals surface area contributed by atoms with Crippen molar-refractivity contribution in [2.75, 3.05) is 19.6 Å². The van der Waals surface area contributed by atoms with Crippen LogP contribution in [-0.2, 0) is 6.18 Å². The fourth-order valence-corrected chi connectivity index (χ4v) is 2.82. The molecular weight excluding hydrogens is 265 g/mol. The van der Waals surface area contributed by atoms with E-state index in [1.54, 1.807) is 12.1 Å². The van der Waals surface area contributed by atoms with Crippen molar-refractivity contribution in [2.45, 2.75) is 26.1 Å². The number of alkyl halides is 3. The Hall–Kier alpha value is -1.07. The number of benzene rings is 1. The van der Waals surface area contributed by atoms with Gasteiger partial charge in [0.25, 0.3) is 0 Å². The molecule has 1 aliphatic rings. The average molecular weight is 286 g/mol. The zero-order valence-electron chi connectivity index (χ0n) is 11.8. The summed E-state index contributed by atoms with van der Waals surface area (Å²) in [5, 5.41) is 0. The Morgan fingerprint density at radius 2 is 1.65 bits per heavy atom. The smallest absolute Gasteiger partial charge is 0.329 e. The molecule has 0 aliphatic carbocycles. The molecule has 0 bridgehead atoms. The van der Waals surface area contributed by atoms with Crippen LogP contribution in [0, 0.1) is 11.8 Å². The summed E-state index contributed by atoms with van der Waals surface area (Å²) in [4.78, 5) is 2.28. The van der Waals surface area contributed by atoms with Crippen LogP contribution in [0.3, 0.4) is 0 Å². The van der Waals surface area contributed by atoms with Gasteiger partial charge in [0, 0.05) is 25.7 Å². The van der Waals surface area contributed by atoms with Crippen LogP contribution < -0.4 is 5.73 Å². The standard InChI is InChI=1S/C15H21F3N2/c1-10-8-20(9-11(10)2)14(7-19)12-3-5-13(6-4-12)15(16,17)18/h3-6,10-11,14H,7-9,19H2,1-2H3. The summed E-state index contributed by atoms with van der Waals surface area (Å²) >= 11 is 0. The van der Waals surface area contributed by atoms with Gasteiger partial charge in [0.2, 0.25) is 0 Å². The summed E-state index contributed by atoms with van der Waals surface area (Å²) in [7, 11) is 0. The second kappa shape index (κ2) is 5.74. The summed E-state index contributed by atoms with van der Waals surface area (Å²) in [5.74, 6) is 1.19. The van der Waals surface area contributed by atoms with Crippen LogP contribution in [0.2, 0.25) is 0 Å². The molecule has 0 radical (unpaired) electrons. The molecule has 0 amide bonds. The summed E-state index contributed by atoms with van der Waals surface area (Å²) in [6.07, 6.45) is -4.28. The molecule has 0 spiro atoms. The van der Waals surface area contributed by atoms with Crippen molar-refractivity contribution in [3.05, 3.63) is 35.4 Å². The van der Waals surface area contributed by atoms with Crippen molar-refractivity contribution in [3.8, 4) is 0 Å². The van der Waals surface area contributed by atoms with Crippen molar-refractivity contribution >= 4 is 0 Å². The third-order valence-corrected chi connectivity index (χ3v) is 4.30. The molecule has 20 heavy (non-hydrogen) atoms. The van der Waals surface area contributed by atoms with Gasteiger partial charge in [0.05, 0.1) is 5.56 Å². The lowest BCUT2D eigenvalue weighted by Gasteiger charge is -2.27. The molecule has 1 aromatic rings. The van der Waals surface area contributed by atoms with Gasteiger partial charge < -0.3 is 5.73 Å². The molecule has 3 unspecified atom stereocenters. The monoisotopic (exact) mass is 286 g/mol. The van der Waals surface area contributed by atoms with Crippen LogP contribution in [0.15, 0.2) is 24.3 Å². The zero-order valence-corrected chi connectivity index (χ0v) is 11.8. The molecule has 2 N–H and O–H groups in total. The molecule has 1 aromatic carbocycles. The van der Waals surface area contributed by atoms with E-state index >= 15 is 0 Å². The number of hydrogen-bond acceptors (Lipinski definition) is 2. The van der Waals surface area contributed by atoms with E-state index in [0.29, 0.717) is 18.4 Å². The van der Waals surface area contributed by atoms with Gasteiger partial charge in [0.1, 0.15) is 0 Å². The normalized spacial score (nSPS) is 25.9. The van der Waals surface area contributed by atoms with Gasteiger partial charge in [-0.1, -0.05) is 26.0 Å². The van der Waals surface area contributed by atoms with E-state index in [9.17, 15) is 13.2 Å². The highest BCUT2D eigenvalue weighted by atomic mass is 19.4. The quantitative estimate of drug-likeness (QED) is 0.924. The number of likely N-dealkylation sites (tertiary alicyclic amines) is 1. The van der Waals surface area contributed by atoms with E-state index in [0.717, 1.165) is 30.8 Å². The highest BCUT2D eigenvalue weighted by Gasteiger charge is 2.33. The zero-order chi connectivity index (χ0) is 14.9. The van der Waals surface area contributed by atoms with Gasteiger partial charge in [-0.15, -0.1) is 0 Å². The van der Waals surface area contributed by atoms with Gasteiger partial charge in [-0.2, -0.15) is 13.2 Å². The Morgan fingerprint density at radius 3 is 2.05 bits per heavy atom. The van der Waals surface area contributed by atoms with Crippen LogP contribution >= 0.6 is 0 Å². The molecule has 112 valence electrons. The highest BCUT2D eigenvalue weighted by Crippen LogP contribution is 2.33. The minimum Gasteiger partial charge on any atom is -0.329 e. The molecule has 2 rings (SSSR count). The first-order chi connectivity index (χ1) is 9.32. The second-order valence-corrected chi connectivity index (χ2v) is 5.78. The first-order valence-electron chi connectivity index (χ1n) is 6.94. The van der Waals surface area contributed by atoms with Crippen LogP contribution in [0.1, 0.15) is 31.0 Å². The van der Waals surface area contributed by atoms with Crippen molar-refractivity contribution in [1.82, 2.24) is 4.90 Å². The number of nitrogens with two attached hydrogens (primary N) is 1.